The van der Waals surface area contributed by atoms with Gasteiger partial charge in [0.05, 0.1) is 6.61 Å². The van der Waals surface area contributed by atoms with Crippen LogP contribution in [0.15, 0.2) is 18.2 Å². The normalized spacial score (nSPS) is 13.6. The number of hydrogen-bond acceptors (Lipinski definition) is 3. The molecule has 0 aliphatic heterocycles. The Morgan fingerprint density at radius 2 is 2.06 bits per heavy atom. The summed E-state index contributed by atoms with van der Waals surface area (Å²) in [5, 5.41) is 9.30. The van der Waals surface area contributed by atoms with Crippen molar-refractivity contribution in [3.63, 3.8) is 0 Å². The first-order chi connectivity index (χ1) is 7.36. The number of alkyl halides is 3. The summed E-state index contributed by atoms with van der Waals surface area (Å²) >= 11 is 0. The summed E-state index contributed by atoms with van der Waals surface area (Å²) in [6.45, 7) is 2.03. The van der Waals surface area contributed by atoms with Crippen molar-refractivity contribution in [2.24, 2.45) is 5.73 Å². The largest absolute Gasteiger partial charge is 0.508 e. The third-order valence-corrected chi connectivity index (χ3v) is 2.00. The first-order valence-electron chi connectivity index (χ1n) is 4.64. The van der Waals surface area contributed by atoms with Crippen LogP contribution in [-0.2, 0) is 0 Å². The van der Waals surface area contributed by atoms with Crippen molar-refractivity contribution in [1.82, 2.24) is 0 Å². The summed E-state index contributed by atoms with van der Waals surface area (Å²) in [6, 6.07) is 1.39. The Morgan fingerprint density at radius 3 is 2.56 bits per heavy atom. The van der Waals surface area contributed by atoms with Gasteiger partial charge in [-0.1, -0.05) is 0 Å². The number of ether oxygens (including phenoxy) is 1. The van der Waals surface area contributed by atoms with Crippen LogP contribution in [0.4, 0.5) is 13.2 Å². The van der Waals surface area contributed by atoms with Gasteiger partial charge in [0.25, 0.3) is 0 Å². The molecule has 3 N–H and O–H groups in total. The maximum Gasteiger partial charge on any atom is 0.407 e. The van der Waals surface area contributed by atoms with E-state index in [4.69, 9.17) is 10.5 Å². The van der Waals surface area contributed by atoms with Gasteiger partial charge >= 0.3 is 6.18 Å². The van der Waals surface area contributed by atoms with Crippen LogP contribution in [-0.4, -0.2) is 17.9 Å². The molecule has 0 saturated heterocycles. The van der Waals surface area contributed by atoms with Gasteiger partial charge in [0.2, 0.25) is 0 Å². The van der Waals surface area contributed by atoms with Crippen LogP contribution in [0.5, 0.6) is 11.5 Å². The predicted octanol–water partition coefficient (Wildman–Crippen LogP) is 2.35. The molecule has 1 rings (SSSR count). The van der Waals surface area contributed by atoms with Crippen LogP contribution in [0.1, 0.15) is 18.5 Å². The Balaban J connectivity index is 3.07. The number of hydrogen-bond donors (Lipinski definition) is 2. The van der Waals surface area contributed by atoms with E-state index in [1.807, 2.05) is 0 Å². The molecule has 0 amide bonds. The topological polar surface area (TPSA) is 55.5 Å². The van der Waals surface area contributed by atoms with Crippen LogP contribution in [0.25, 0.3) is 0 Å². The monoisotopic (exact) mass is 235 g/mol. The third-order valence-electron chi connectivity index (χ3n) is 2.00. The van der Waals surface area contributed by atoms with E-state index < -0.39 is 23.5 Å². The maximum absolute atomic E-state index is 12.4. The maximum atomic E-state index is 12.4. The van der Waals surface area contributed by atoms with Crippen molar-refractivity contribution in [2.75, 3.05) is 6.61 Å². The Morgan fingerprint density at radius 1 is 1.44 bits per heavy atom. The minimum absolute atomic E-state index is 0.245. The Kier molecular flexibility index (Phi) is 3.64. The summed E-state index contributed by atoms with van der Waals surface area (Å²) in [6.07, 6.45) is -4.59. The summed E-state index contributed by atoms with van der Waals surface area (Å²) < 4.78 is 42.1. The van der Waals surface area contributed by atoms with Gasteiger partial charge in [0.1, 0.15) is 17.5 Å². The lowest BCUT2D eigenvalue weighted by molar-refractivity contribution is -0.149. The Labute approximate surface area is 90.6 Å². The molecule has 0 spiro atoms. The fourth-order valence-electron chi connectivity index (χ4n) is 1.21. The van der Waals surface area contributed by atoms with Gasteiger partial charge < -0.3 is 15.6 Å². The van der Waals surface area contributed by atoms with Gasteiger partial charge in [-0.2, -0.15) is 13.2 Å². The lowest BCUT2D eigenvalue weighted by Crippen LogP contribution is -2.28. The molecule has 1 atom stereocenters. The fourth-order valence-corrected chi connectivity index (χ4v) is 1.21. The number of halogens is 3. The van der Waals surface area contributed by atoms with Crippen LogP contribution >= 0.6 is 0 Å². The van der Waals surface area contributed by atoms with E-state index in [0.717, 1.165) is 12.1 Å². The number of phenols is 1. The van der Waals surface area contributed by atoms with Crippen molar-refractivity contribution >= 4 is 0 Å². The summed E-state index contributed by atoms with van der Waals surface area (Å²) in [5.74, 6) is -0.247. The van der Waals surface area contributed by atoms with E-state index in [9.17, 15) is 18.3 Å². The highest BCUT2D eigenvalue weighted by Gasteiger charge is 2.39. The summed E-state index contributed by atoms with van der Waals surface area (Å²) in [5.41, 5.74) is 4.61. The number of nitrogens with two attached hydrogens (primary N) is 1. The molecule has 90 valence electrons. The zero-order valence-corrected chi connectivity index (χ0v) is 8.58. The van der Waals surface area contributed by atoms with Gasteiger partial charge in [-0.15, -0.1) is 0 Å². The SMILES string of the molecule is CCOc1ccc(O)c([C@@H](N)C(F)(F)F)c1. The highest BCUT2D eigenvalue weighted by Crippen LogP contribution is 2.36. The second-order valence-corrected chi connectivity index (χ2v) is 3.17. The highest BCUT2D eigenvalue weighted by atomic mass is 19.4. The molecule has 0 bridgehead atoms. The Bertz CT molecular complexity index is 366. The minimum atomic E-state index is -4.59. The fraction of sp³-hybridized carbons (Fsp3) is 0.400. The molecule has 0 aliphatic carbocycles. The highest BCUT2D eigenvalue weighted by molar-refractivity contribution is 5.41. The average Bonchev–Trinajstić information content (AvgIpc) is 2.19. The molecule has 0 aromatic heterocycles. The second kappa shape index (κ2) is 4.61. The lowest BCUT2D eigenvalue weighted by Gasteiger charge is -2.17. The van der Waals surface area contributed by atoms with Crippen molar-refractivity contribution in [2.45, 2.75) is 19.1 Å². The van der Waals surface area contributed by atoms with Gasteiger partial charge in [-0.3, -0.25) is 0 Å². The molecule has 3 nitrogen and oxygen atoms in total. The van der Waals surface area contributed by atoms with Crippen molar-refractivity contribution < 1.29 is 23.0 Å². The van der Waals surface area contributed by atoms with Gasteiger partial charge in [0.15, 0.2) is 0 Å². The number of benzene rings is 1. The molecular formula is C10H12F3NO2. The van der Waals surface area contributed by atoms with E-state index in [-0.39, 0.29) is 5.75 Å². The van der Waals surface area contributed by atoms with E-state index in [1.165, 1.54) is 6.07 Å². The second-order valence-electron chi connectivity index (χ2n) is 3.17. The van der Waals surface area contributed by atoms with E-state index >= 15 is 0 Å². The molecule has 0 fully saturated rings. The van der Waals surface area contributed by atoms with Crippen LogP contribution in [0.3, 0.4) is 0 Å². The lowest BCUT2D eigenvalue weighted by atomic mass is 10.1. The molecular weight excluding hydrogens is 223 g/mol. The molecule has 0 heterocycles. The first-order valence-corrected chi connectivity index (χ1v) is 4.64. The van der Waals surface area contributed by atoms with Gasteiger partial charge in [-0.05, 0) is 25.1 Å². The molecule has 16 heavy (non-hydrogen) atoms. The van der Waals surface area contributed by atoms with E-state index in [1.54, 1.807) is 6.92 Å². The summed E-state index contributed by atoms with van der Waals surface area (Å²) in [7, 11) is 0. The molecule has 1 aromatic rings. The van der Waals surface area contributed by atoms with Crippen molar-refractivity contribution in [3.05, 3.63) is 23.8 Å². The minimum Gasteiger partial charge on any atom is -0.508 e. The number of phenolic OH excluding ortho intramolecular Hbond substituents is 1. The van der Waals surface area contributed by atoms with Crippen LogP contribution in [0.2, 0.25) is 0 Å². The quantitative estimate of drug-likeness (QED) is 0.845. The molecule has 6 heteroatoms. The molecule has 1 aromatic carbocycles. The van der Waals surface area contributed by atoms with E-state index in [2.05, 4.69) is 0 Å². The van der Waals surface area contributed by atoms with Crippen molar-refractivity contribution in [3.8, 4) is 11.5 Å². The number of aromatic hydroxyl groups is 1. The third kappa shape index (κ3) is 2.79. The van der Waals surface area contributed by atoms with E-state index in [0.29, 0.717) is 6.61 Å². The smallest absolute Gasteiger partial charge is 0.407 e. The zero-order chi connectivity index (χ0) is 12.3. The van der Waals surface area contributed by atoms with Crippen molar-refractivity contribution in [1.29, 1.82) is 0 Å². The molecule has 0 radical (unpaired) electrons. The predicted molar refractivity (Wildman–Crippen MR) is 52.3 cm³/mol. The standard InChI is InChI=1S/C10H12F3NO2/c1-2-16-6-3-4-8(15)7(5-6)9(14)10(11,12)13/h3-5,9,15H,2,14H2,1H3/t9-/m1/s1. The zero-order valence-electron chi connectivity index (χ0n) is 8.58. The first kappa shape index (κ1) is 12.6. The van der Waals surface area contributed by atoms with Crippen LogP contribution in [0, 0.1) is 0 Å². The van der Waals surface area contributed by atoms with Gasteiger partial charge in [-0.25, -0.2) is 0 Å². The Hall–Kier alpha value is -1.43. The van der Waals surface area contributed by atoms with Crippen LogP contribution < -0.4 is 10.5 Å². The average molecular weight is 235 g/mol. The molecule has 0 saturated carbocycles. The molecule has 0 unspecified atom stereocenters. The summed E-state index contributed by atoms with van der Waals surface area (Å²) in [4.78, 5) is 0. The van der Waals surface area contributed by atoms with Gasteiger partial charge in [0, 0.05) is 5.56 Å². The molecule has 0 aliphatic rings. The number of rotatable bonds is 3.